The van der Waals surface area contributed by atoms with Gasteiger partial charge >= 0.3 is 12.2 Å². The van der Waals surface area contributed by atoms with Crippen molar-refractivity contribution in [3.8, 4) is 18.1 Å². The number of anilines is 1. The maximum Gasteiger partial charge on any atom is 0.513 e. The first kappa shape index (κ1) is 21.9. The predicted octanol–water partition coefficient (Wildman–Crippen LogP) is 2.60. The van der Waals surface area contributed by atoms with Crippen molar-refractivity contribution in [3.63, 3.8) is 0 Å². The highest BCUT2D eigenvalue weighted by atomic mass is 19.1. The predicted molar refractivity (Wildman–Crippen MR) is 110 cm³/mol. The minimum atomic E-state index is -1.30. The summed E-state index contributed by atoms with van der Waals surface area (Å²) < 4.78 is 31.4. The van der Waals surface area contributed by atoms with Gasteiger partial charge < -0.3 is 19.9 Å². The largest absolute Gasteiger partial charge is 0.513 e. The lowest BCUT2D eigenvalue weighted by Gasteiger charge is -2.26. The van der Waals surface area contributed by atoms with Crippen molar-refractivity contribution in [1.82, 2.24) is 19.5 Å². The summed E-state index contributed by atoms with van der Waals surface area (Å²) in [5, 5.41) is 10.7. The molecule has 2 aromatic heterocycles. The van der Waals surface area contributed by atoms with E-state index < -0.39 is 29.0 Å². The second kappa shape index (κ2) is 8.32. The maximum atomic E-state index is 13.7. The first-order valence-electron chi connectivity index (χ1n) is 9.62. The standard InChI is InChI=1S/C20H17FN6O6/c1-3-20(9-31-19(28)32-13-6-4-12(5-7-13)27(29)30)11(2)8-14(33-20)26-10-23-15-16(22)24-18(21)25-17(15)26/h1,4-7,10-11,14H,8-9H2,2H3,(H2,22,24,25)/t11-,14+,20+/m0/s1. The highest BCUT2D eigenvalue weighted by molar-refractivity contribution is 5.81. The van der Waals surface area contributed by atoms with Crippen molar-refractivity contribution in [3.05, 3.63) is 46.8 Å². The van der Waals surface area contributed by atoms with Gasteiger partial charge in [-0.15, -0.1) is 6.42 Å². The van der Waals surface area contributed by atoms with Crippen LogP contribution in [-0.2, 0) is 9.47 Å². The summed E-state index contributed by atoms with van der Waals surface area (Å²) in [5.41, 5.74) is 4.61. The molecule has 3 atom stereocenters. The molecule has 0 aliphatic carbocycles. The number of carbonyl (C=O) groups is 1. The molecule has 0 bridgehead atoms. The van der Waals surface area contributed by atoms with E-state index in [-0.39, 0.29) is 40.9 Å². The molecule has 1 aliphatic heterocycles. The molecule has 0 spiro atoms. The number of halogens is 1. The number of terminal acetylenes is 1. The zero-order chi connectivity index (χ0) is 23.8. The van der Waals surface area contributed by atoms with Crippen LogP contribution in [0.5, 0.6) is 5.75 Å². The van der Waals surface area contributed by atoms with Gasteiger partial charge in [0.2, 0.25) is 0 Å². The Morgan fingerprint density at radius 3 is 2.85 bits per heavy atom. The monoisotopic (exact) mass is 456 g/mol. The Bertz CT molecular complexity index is 1270. The molecule has 4 rings (SSSR count). The van der Waals surface area contributed by atoms with Crippen molar-refractivity contribution in [2.45, 2.75) is 25.2 Å². The van der Waals surface area contributed by atoms with Gasteiger partial charge in [-0.2, -0.15) is 14.4 Å². The van der Waals surface area contributed by atoms with Crippen LogP contribution >= 0.6 is 0 Å². The number of rotatable bonds is 5. The number of hydrogen-bond acceptors (Lipinski definition) is 10. The van der Waals surface area contributed by atoms with Crippen LogP contribution in [0.25, 0.3) is 11.2 Å². The van der Waals surface area contributed by atoms with Crippen LogP contribution in [0.3, 0.4) is 0 Å². The topological polar surface area (TPSA) is 158 Å². The van der Waals surface area contributed by atoms with Crippen molar-refractivity contribution in [1.29, 1.82) is 0 Å². The Morgan fingerprint density at radius 2 is 2.18 bits per heavy atom. The first-order valence-corrected chi connectivity index (χ1v) is 9.62. The van der Waals surface area contributed by atoms with E-state index >= 15 is 0 Å². The van der Waals surface area contributed by atoms with Crippen LogP contribution in [-0.4, -0.2) is 42.8 Å². The second-order valence-electron chi connectivity index (χ2n) is 7.34. The molecule has 0 unspecified atom stereocenters. The maximum absolute atomic E-state index is 13.7. The number of ether oxygens (including phenoxy) is 3. The number of nitrogens with two attached hydrogens (primary N) is 1. The Balaban J connectivity index is 1.46. The van der Waals surface area contributed by atoms with Crippen LogP contribution in [0.1, 0.15) is 19.6 Å². The molecule has 13 heteroatoms. The quantitative estimate of drug-likeness (QED) is 0.151. The second-order valence-corrected chi connectivity index (χ2v) is 7.34. The number of fused-ring (bicyclic) bond motifs is 1. The summed E-state index contributed by atoms with van der Waals surface area (Å²) in [7, 11) is 0. The normalized spacial score (nSPS) is 22.1. The van der Waals surface area contributed by atoms with Crippen molar-refractivity contribution >= 4 is 28.8 Å². The molecular weight excluding hydrogens is 439 g/mol. The number of carbonyl (C=O) groups excluding carboxylic acids is 1. The fourth-order valence-electron chi connectivity index (χ4n) is 3.51. The third kappa shape index (κ3) is 4.11. The van der Waals surface area contributed by atoms with Crippen molar-refractivity contribution < 1.29 is 28.3 Å². The van der Waals surface area contributed by atoms with Gasteiger partial charge in [-0.05, 0) is 18.6 Å². The van der Waals surface area contributed by atoms with E-state index in [1.165, 1.54) is 35.2 Å². The lowest BCUT2D eigenvalue weighted by Crippen LogP contribution is -2.39. The molecule has 0 amide bonds. The van der Waals surface area contributed by atoms with Gasteiger partial charge in [-0.3, -0.25) is 14.7 Å². The molecule has 2 N–H and O–H groups in total. The summed E-state index contributed by atoms with van der Waals surface area (Å²) in [6.07, 6.45) is 4.76. The molecule has 1 fully saturated rings. The minimum Gasteiger partial charge on any atom is -0.430 e. The van der Waals surface area contributed by atoms with Gasteiger partial charge in [-0.25, -0.2) is 9.78 Å². The number of nitrogen functional groups attached to an aromatic ring is 1. The van der Waals surface area contributed by atoms with Crippen LogP contribution in [0, 0.1) is 34.5 Å². The van der Waals surface area contributed by atoms with E-state index in [4.69, 9.17) is 26.4 Å². The fraction of sp³-hybridized carbons (Fsp3) is 0.300. The SMILES string of the molecule is C#C[C@]1(COC(=O)Oc2ccc([N+](=O)[O-])cc2)O[C@@H](n2cnc3c(N)nc(F)nc32)C[C@@H]1C. The number of nitro groups is 1. The third-order valence-corrected chi connectivity index (χ3v) is 5.33. The van der Waals surface area contributed by atoms with Crippen molar-refractivity contribution in [2.75, 3.05) is 12.3 Å². The summed E-state index contributed by atoms with van der Waals surface area (Å²) in [6, 6.07) is 4.90. The average molecular weight is 456 g/mol. The van der Waals surface area contributed by atoms with E-state index in [0.717, 1.165) is 0 Å². The molecule has 0 radical (unpaired) electrons. The molecule has 3 aromatic rings. The minimum absolute atomic E-state index is 0.0582. The fourth-order valence-corrected chi connectivity index (χ4v) is 3.51. The summed E-state index contributed by atoms with van der Waals surface area (Å²) in [6.45, 7) is 1.49. The first-order chi connectivity index (χ1) is 15.7. The summed E-state index contributed by atoms with van der Waals surface area (Å²) in [5.74, 6) is 2.21. The number of nitro benzene ring substituents is 1. The van der Waals surface area contributed by atoms with Crippen LogP contribution in [0.4, 0.5) is 20.7 Å². The number of benzene rings is 1. The summed E-state index contributed by atoms with van der Waals surface area (Å²) >= 11 is 0. The Labute approximate surface area is 185 Å². The van der Waals surface area contributed by atoms with Crippen molar-refractivity contribution in [2.24, 2.45) is 5.92 Å². The zero-order valence-corrected chi connectivity index (χ0v) is 17.2. The Hall–Kier alpha value is -4.31. The smallest absolute Gasteiger partial charge is 0.430 e. The van der Waals surface area contributed by atoms with Gasteiger partial charge in [0.05, 0.1) is 11.3 Å². The zero-order valence-electron chi connectivity index (χ0n) is 17.2. The number of aromatic nitrogens is 4. The molecule has 33 heavy (non-hydrogen) atoms. The van der Waals surface area contributed by atoms with E-state index in [9.17, 15) is 19.3 Å². The number of non-ortho nitro benzene ring substituents is 1. The van der Waals surface area contributed by atoms with E-state index in [0.29, 0.717) is 6.42 Å². The van der Waals surface area contributed by atoms with Crippen LogP contribution in [0.15, 0.2) is 30.6 Å². The lowest BCUT2D eigenvalue weighted by atomic mass is 9.90. The third-order valence-electron chi connectivity index (χ3n) is 5.33. The van der Waals surface area contributed by atoms with Gasteiger partial charge in [0.15, 0.2) is 22.6 Å². The molecule has 1 aromatic carbocycles. The molecule has 1 aliphatic rings. The number of imidazole rings is 1. The lowest BCUT2D eigenvalue weighted by molar-refractivity contribution is -0.384. The molecule has 12 nitrogen and oxygen atoms in total. The van der Waals surface area contributed by atoms with Gasteiger partial charge in [0.25, 0.3) is 5.69 Å². The van der Waals surface area contributed by atoms with Gasteiger partial charge in [0, 0.05) is 18.1 Å². The average Bonchev–Trinajstić information content (AvgIpc) is 3.34. The Kier molecular flexibility index (Phi) is 5.52. The van der Waals surface area contributed by atoms with Gasteiger partial charge in [0.1, 0.15) is 18.6 Å². The van der Waals surface area contributed by atoms with E-state index in [1.54, 1.807) is 0 Å². The number of hydrogen-bond donors (Lipinski definition) is 1. The molecular formula is C20H17FN6O6. The highest BCUT2D eigenvalue weighted by Crippen LogP contribution is 2.42. The summed E-state index contributed by atoms with van der Waals surface area (Å²) in [4.78, 5) is 33.5. The molecule has 0 saturated carbocycles. The molecule has 170 valence electrons. The highest BCUT2D eigenvalue weighted by Gasteiger charge is 2.47. The molecule has 1 saturated heterocycles. The van der Waals surface area contributed by atoms with Crippen LogP contribution in [0.2, 0.25) is 0 Å². The van der Waals surface area contributed by atoms with E-state index in [2.05, 4.69) is 20.9 Å². The number of nitrogens with zero attached hydrogens (tertiary/aromatic N) is 5. The Morgan fingerprint density at radius 1 is 1.45 bits per heavy atom. The van der Waals surface area contributed by atoms with Gasteiger partial charge in [-0.1, -0.05) is 12.8 Å². The van der Waals surface area contributed by atoms with E-state index in [1.807, 2.05) is 6.92 Å². The molecule has 3 heterocycles. The van der Waals surface area contributed by atoms with Crippen LogP contribution < -0.4 is 10.5 Å².